The lowest BCUT2D eigenvalue weighted by Crippen LogP contribution is -2.54. The topological polar surface area (TPSA) is 96.0 Å². The Bertz CT molecular complexity index is 559. The average Bonchev–Trinajstić information content (AvgIpc) is 2.28. The first kappa shape index (κ1) is 14.6. The molecule has 1 rings (SSSR count). The zero-order valence-corrected chi connectivity index (χ0v) is 11.0. The van der Waals surface area contributed by atoms with Crippen LogP contribution >= 0.6 is 0 Å². The van der Waals surface area contributed by atoms with Crippen LogP contribution in [0.5, 0.6) is 0 Å². The Labute approximate surface area is 106 Å². The zero-order chi connectivity index (χ0) is 14.0. The van der Waals surface area contributed by atoms with Crippen LogP contribution in [0.4, 0.5) is 4.39 Å². The lowest BCUT2D eigenvalue weighted by atomic mass is 10.00. The van der Waals surface area contributed by atoms with E-state index in [1.165, 1.54) is 19.1 Å². The molecule has 1 atom stereocenters. The summed E-state index contributed by atoms with van der Waals surface area (Å²) < 4.78 is 39.8. The Kier molecular flexibility index (Phi) is 4.08. The SMILES string of the molecule is CCC(C)(NS(=O)(=O)c1ccccc1F)C(=N)N. The number of benzene rings is 1. The van der Waals surface area contributed by atoms with Crippen molar-refractivity contribution >= 4 is 15.9 Å². The van der Waals surface area contributed by atoms with Crippen LogP contribution in [-0.4, -0.2) is 19.8 Å². The van der Waals surface area contributed by atoms with E-state index in [0.29, 0.717) is 0 Å². The fraction of sp³-hybridized carbons (Fsp3) is 0.364. The van der Waals surface area contributed by atoms with Gasteiger partial charge in [0.15, 0.2) is 0 Å². The summed E-state index contributed by atoms with van der Waals surface area (Å²) in [6.45, 7) is 3.17. The van der Waals surface area contributed by atoms with E-state index in [2.05, 4.69) is 4.72 Å². The van der Waals surface area contributed by atoms with Crippen molar-refractivity contribution in [2.24, 2.45) is 5.73 Å². The van der Waals surface area contributed by atoms with E-state index in [0.717, 1.165) is 12.1 Å². The molecule has 0 amide bonds. The smallest absolute Gasteiger partial charge is 0.244 e. The summed E-state index contributed by atoms with van der Waals surface area (Å²) in [5.41, 5.74) is 4.15. The van der Waals surface area contributed by atoms with Crippen LogP contribution < -0.4 is 10.5 Å². The van der Waals surface area contributed by atoms with Crippen molar-refractivity contribution < 1.29 is 12.8 Å². The number of hydrogen-bond acceptors (Lipinski definition) is 3. The maximum Gasteiger partial charge on any atom is 0.244 e. The highest BCUT2D eigenvalue weighted by Crippen LogP contribution is 2.18. The standard InChI is InChI=1S/C11H16FN3O2S/c1-3-11(2,10(13)14)15-18(16,17)9-7-5-4-6-8(9)12/h4-7,15H,3H2,1-2H3,(H3,13,14). The molecule has 0 aliphatic carbocycles. The van der Waals surface area contributed by atoms with E-state index in [1.807, 2.05) is 0 Å². The van der Waals surface area contributed by atoms with E-state index in [4.69, 9.17) is 11.1 Å². The highest BCUT2D eigenvalue weighted by molar-refractivity contribution is 7.89. The number of sulfonamides is 1. The highest BCUT2D eigenvalue weighted by atomic mass is 32.2. The van der Waals surface area contributed by atoms with Gasteiger partial charge in [-0.2, -0.15) is 4.72 Å². The Morgan fingerprint density at radius 2 is 2.06 bits per heavy atom. The monoisotopic (exact) mass is 273 g/mol. The molecular weight excluding hydrogens is 257 g/mol. The Morgan fingerprint density at radius 3 is 2.50 bits per heavy atom. The molecule has 5 nitrogen and oxygen atoms in total. The molecule has 0 aromatic heterocycles. The van der Waals surface area contributed by atoms with Crippen LogP contribution in [0.25, 0.3) is 0 Å². The van der Waals surface area contributed by atoms with E-state index < -0.39 is 26.3 Å². The van der Waals surface area contributed by atoms with Gasteiger partial charge in [0.2, 0.25) is 10.0 Å². The zero-order valence-electron chi connectivity index (χ0n) is 10.2. The number of nitrogens with two attached hydrogens (primary N) is 1. The summed E-state index contributed by atoms with van der Waals surface area (Å²) in [6, 6.07) is 5.05. The Hall–Kier alpha value is -1.47. The van der Waals surface area contributed by atoms with Crippen molar-refractivity contribution in [3.63, 3.8) is 0 Å². The molecule has 0 spiro atoms. The van der Waals surface area contributed by atoms with Gasteiger partial charge < -0.3 is 5.73 Å². The maximum atomic E-state index is 13.5. The van der Waals surface area contributed by atoms with Gasteiger partial charge in [0.25, 0.3) is 0 Å². The number of halogens is 1. The first-order valence-corrected chi connectivity index (χ1v) is 6.84. The Balaban J connectivity index is 3.18. The van der Waals surface area contributed by atoms with E-state index in [-0.39, 0.29) is 12.3 Å². The molecule has 18 heavy (non-hydrogen) atoms. The summed E-state index contributed by atoms with van der Waals surface area (Å²) >= 11 is 0. The summed E-state index contributed by atoms with van der Waals surface area (Å²) in [5.74, 6) is -1.16. The minimum atomic E-state index is -4.05. The highest BCUT2D eigenvalue weighted by Gasteiger charge is 2.33. The molecule has 0 radical (unpaired) electrons. The third-order valence-corrected chi connectivity index (χ3v) is 4.42. The molecule has 0 saturated heterocycles. The maximum absolute atomic E-state index is 13.5. The van der Waals surface area contributed by atoms with E-state index >= 15 is 0 Å². The summed E-state index contributed by atoms with van der Waals surface area (Å²) in [5, 5.41) is 7.40. The minimum absolute atomic E-state index is 0.288. The van der Waals surface area contributed by atoms with Crippen LogP contribution in [0.15, 0.2) is 29.2 Å². The van der Waals surface area contributed by atoms with Gasteiger partial charge in [0, 0.05) is 0 Å². The third kappa shape index (κ3) is 2.85. The predicted molar refractivity (Wildman–Crippen MR) is 67.3 cm³/mol. The second kappa shape index (κ2) is 5.03. The number of hydrogen-bond donors (Lipinski definition) is 3. The molecule has 0 aliphatic rings. The van der Waals surface area contributed by atoms with Gasteiger partial charge in [0.1, 0.15) is 16.5 Å². The number of amidine groups is 1. The average molecular weight is 273 g/mol. The quantitative estimate of drug-likeness (QED) is 0.555. The molecule has 0 heterocycles. The van der Waals surface area contributed by atoms with E-state index in [9.17, 15) is 12.8 Å². The number of nitrogens with one attached hydrogen (secondary N) is 2. The van der Waals surface area contributed by atoms with Crippen molar-refractivity contribution in [1.29, 1.82) is 5.41 Å². The van der Waals surface area contributed by atoms with Crippen molar-refractivity contribution in [1.82, 2.24) is 4.72 Å². The van der Waals surface area contributed by atoms with Crippen LogP contribution in [0.2, 0.25) is 0 Å². The minimum Gasteiger partial charge on any atom is -0.386 e. The molecule has 0 saturated carbocycles. The van der Waals surface area contributed by atoms with Gasteiger partial charge in [-0.05, 0) is 25.5 Å². The van der Waals surface area contributed by atoms with Crippen LogP contribution in [-0.2, 0) is 10.0 Å². The molecule has 1 aromatic rings. The predicted octanol–water partition coefficient (Wildman–Crippen LogP) is 1.21. The molecular formula is C11H16FN3O2S. The van der Waals surface area contributed by atoms with Crippen molar-refractivity contribution in [2.45, 2.75) is 30.7 Å². The first-order chi connectivity index (χ1) is 8.23. The molecule has 0 fully saturated rings. The summed E-state index contributed by atoms with van der Waals surface area (Å²) in [6.07, 6.45) is 0.288. The van der Waals surface area contributed by atoms with Gasteiger partial charge in [0.05, 0.1) is 5.54 Å². The first-order valence-electron chi connectivity index (χ1n) is 5.36. The van der Waals surface area contributed by atoms with Gasteiger partial charge in [-0.3, -0.25) is 5.41 Å². The molecule has 0 aliphatic heterocycles. The normalized spacial score (nSPS) is 15.1. The van der Waals surface area contributed by atoms with Crippen molar-refractivity contribution in [2.75, 3.05) is 0 Å². The fourth-order valence-electron chi connectivity index (χ4n) is 1.33. The van der Waals surface area contributed by atoms with Gasteiger partial charge in [-0.1, -0.05) is 19.1 Å². The fourth-order valence-corrected chi connectivity index (χ4v) is 2.87. The van der Waals surface area contributed by atoms with Crippen LogP contribution in [0.3, 0.4) is 0 Å². The number of rotatable bonds is 5. The van der Waals surface area contributed by atoms with E-state index in [1.54, 1.807) is 6.92 Å². The van der Waals surface area contributed by atoms with Crippen LogP contribution in [0.1, 0.15) is 20.3 Å². The molecule has 100 valence electrons. The van der Waals surface area contributed by atoms with Crippen molar-refractivity contribution in [3.8, 4) is 0 Å². The van der Waals surface area contributed by atoms with Gasteiger partial charge in [-0.15, -0.1) is 0 Å². The summed E-state index contributed by atoms with van der Waals surface area (Å²) in [7, 11) is -4.05. The van der Waals surface area contributed by atoms with Gasteiger partial charge >= 0.3 is 0 Å². The summed E-state index contributed by atoms with van der Waals surface area (Å²) in [4.78, 5) is -0.453. The second-order valence-corrected chi connectivity index (χ2v) is 5.79. The molecule has 1 aromatic carbocycles. The second-order valence-electron chi connectivity index (χ2n) is 4.14. The lowest BCUT2D eigenvalue weighted by Gasteiger charge is -2.27. The van der Waals surface area contributed by atoms with Crippen LogP contribution in [0, 0.1) is 11.2 Å². The molecule has 4 N–H and O–H groups in total. The van der Waals surface area contributed by atoms with Crippen molar-refractivity contribution in [3.05, 3.63) is 30.1 Å². The Morgan fingerprint density at radius 1 is 1.50 bits per heavy atom. The molecule has 1 unspecified atom stereocenters. The third-order valence-electron chi connectivity index (χ3n) is 2.79. The lowest BCUT2D eigenvalue weighted by molar-refractivity contribution is 0.499. The molecule has 0 bridgehead atoms. The molecule has 7 heteroatoms. The van der Waals surface area contributed by atoms with Gasteiger partial charge in [-0.25, -0.2) is 12.8 Å². The largest absolute Gasteiger partial charge is 0.386 e.